The highest BCUT2D eigenvalue weighted by atomic mass is 31.2. The lowest BCUT2D eigenvalue weighted by Gasteiger charge is -2.29. The molecule has 1 aromatic carbocycles. The van der Waals surface area contributed by atoms with Gasteiger partial charge in [-0.3, -0.25) is 0 Å². The van der Waals surface area contributed by atoms with E-state index < -0.39 is 13.8 Å². The van der Waals surface area contributed by atoms with Crippen molar-refractivity contribution in [2.24, 2.45) is 0 Å². The van der Waals surface area contributed by atoms with E-state index in [-0.39, 0.29) is 0 Å². The van der Waals surface area contributed by atoms with Gasteiger partial charge in [0.05, 0.1) is 0 Å². The van der Waals surface area contributed by atoms with Gasteiger partial charge < -0.3 is 14.4 Å². The fraction of sp³-hybridized carbons (Fsp3) is 0.333. The number of hydrogen-bond donors (Lipinski definition) is 0. The molecule has 0 unspecified atom stereocenters. The molecule has 1 rings (SSSR count). The Morgan fingerprint density at radius 3 is 2.00 bits per heavy atom. The Balaban J connectivity index is 2.96. The van der Waals surface area contributed by atoms with Crippen LogP contribution in [-0.4, -0.2) is 0 Å². The maximum Gasteiger partial charge on any atom is 0.000241 e. The van der Waals surface area contributed by atoms with E-state index in [2.05, 4.69) is 0 Å². The van der Waals surface area contributed by atoms with Gasteiger partial charge in [-0.1, -0.05) is 36.9 Å². The smallest absolute Gasteiger partial charge is 0.000241 e. The number of benzene rings is 1. The summed E-state index contributed by atoms with van der Waals surface area (Å²) in [6.07, 6.45) is -0.393. The summed E-state index contributed by atoms with van der Waals surface area (Å²) in [6.45, 7) is 3.74. The van der Waals surface area contributed by atoms with Crippen molar-refractivity contribution in [3.8, 4) is 0 Å². The first-order valence-electron chi connectivity index (χ1n) is 3.95. The molecule has 0 aliphatic heterocycles. The fourth-order valence-electron chi connectivity index (χ4n) is 1.38. The van der Waals surface area contributed by atoms with Crippen LogP contribution < -0.4 is 9.79 Å². The third-order valence-corrected chi connectivity index (χ3v) is 2.41. The van der Waals surface area contributed by atoms with Crippen LogP contribution >= 0.6 is 7.60 Å². The highest BCUT2D eigenvalue weighted by molar-refractivity contribution is 7.47. The van der Waals surface area contributed by atoms with Crippen LogP contribution in [0, 0.1) is 13.8 Å². The van der Waals surface area contributed by atoms with Gasteiger partial charge in [-0.2, -0.15) is 0 Å². The first-order valence-corrected chi connectivity index (χ1v) is 5.68. The van der Waals surface area contributed by atoms with E-state index in [1.165, 1.54) is 0 Å². The third kappa shape index (κ3) is 3.73. The maximum absolute atomic E-state index is 10.5. The lowest BCUT2D eigenvalue weighted by molar-refractivity contribution is -0.314. The van der Waals surface area contributed by atoms with Crippen LogP contribution in [0.4, 0.5) is 0 Å². The molecule has 0 atom stereocenters. The highest BCUT2D eigenvalue weighted by Crippen LogP contribution is 2.29. The molecule has 0 N–H and O–H groups in total. The SMILES string of the molecule is Cc1cc(C)cc(CP(=O)([O-])[O-])c1. The van der Waals surface area contributed by atoms with Crippen LogP contribution in [-0.2, 0) is 10.7 Å². The first-order chi connectivity index (χ1) is 5.87. The Labute approximate surface area is 77.6 Å². The summed E-state index contributed by atoms with van der Waals surface area (Å²) in [7, 11) is -4.43. The molecule has 0 saturated heterocycles. The Morgan fingerprint density at radius 1 is 1.15 bits per heavy atom. The summed E-state index contributed by atoms with van der Waals surface area (Å²) >= 11 is 0. The van der Waals surface area contributed by atoms with Crippen LogP contribution in [0.1, 0.15) is 16.7 Å². The molecule has 72 valence electrons. The van der Waals surface area contributed by atoms with Crippen molar-refractivity contribution in [1.82, 2.24) is 0 Å². The van der Waals surface area contributed by atoms with Crippen LogP contribution in [0.2, 0.25) is 0 Å². The molecule has 3 nitrogen and oxygen atoms in total. The molecule has 0 radical (unpaired) electrons. The molecule has 0 aromatic heterocycles. The van der Waals surface area contributed by atoms with Gasteiger partial charge in [0.25, 0.3) is 0 Å². The summed E-state index contributed by atoms with van der Waals surface area (Å²) in [5.74, 6) is 0. The molecule has 0 saturated carbocycles. The van der Waals surface area contributed by atoms with Crippen LogP contribution in [0.25, 0.3) is 0 Å². The first kappa shape index (κ1) is 10.5. The second kappa shape index (κ2) is 3.62. The zero-order valence-corrected chi connectivity index (χ0v) is 8.51. The zero-order valence-electron chi connectivity index (χ0n) is 7.61. The summed E-state index contributed by atoms with van der Waals surface area (Å²) in [4.78, 5) is 21.0. The van der Waals surface area contributed by atoms with Gasteiger partial charge in [0.1, 0.15) is 0 Å². The topological polar surface area (TPSA) is 63.2 Å². The Kier molecular flexibility index (Phi) is 2.91. The fourth-order valence-corrected chi connectivity index (χ4v) is 2.01. The minimum atomic E-state index is -4.43. The second-order valence-electron chi connectivity index (χ2n) is 3.26. The Bertz CT molecular complexity index is 334. The molecule has 0 fully saturated rings. The van der Waals surface area contributed by atoms with E-state index in [0.717, 1.165) is 11.1 Å². The van der Waals surface area contributed by atoms with Gasteiger partial charge in [-0.05, 0) is 19.4 Å². The van der Waals surface area contributed by atoms with E-state index in [1.54, 1.807) is 12.1 Å². The molecule has 1 aromatic rings. The summed E-state index contributed by atoms with van der Waals surface area (Å²) < 4.78 is 10.5. The average molecular weight is 198 g/mol. The monoisotopic (exact) mass is 198 g/mol. The van der Waals surface area contributed by atoms with Crippen LogP contribution in [0.5, 0.6) is 0 Å². The molecule has 4 heteroatoms. The van der Waals surface area contributed by atoms with Crippen molar-refractivity contribution in [2.75, 3.05) is 0 Å². The van der Waals surface area contributed by atoms with Crippen molar-refractivity contribution < 1.29 is 14.4 Å². The van der Waals surface area contributed by atoms with E-state index in [0.29, 0.717) is 5.56 Å². The van der Waals surface area contributed by atoms with Gasteiger partial charge >= 0.3 is 0 Å². The van der Waals surface area contributed by atoms with Gasteiger partial charge in [0.2, 0.25) is 0 Å². The number of aryl methyl sites for hydroxylation is 2. The van der Waals surface area contributed by atoms with Crippen molar-refractivity contribution in [3.63, 3.8) is 0 Å². The van der Waals surface area contributed by atoms with Crippen LogP contribution in [0.15, 0.2) is 18.2 Å². The predicted molar refractivity (Wildman–Crippen MR) is 47.2 cm³/mol. The predicted octanol–water partition coefficient (Wildman–Crippen LogP) is 0.717. The molecule has 0 heterocycles. The lowest BCUT2D eigenvalue weighted by Crippen LogP contribution is -2.15. The van der Waals surface area contributed by atoms with E-state index in [4.69, 9.17) is 0 Å². The average Bonchev–Trinajstić information content (AvgIpc) is 1.78. The maximum atomic E-state index is 10.5. The minimum absolute atomic E-state index is 0.393. The molecule has 13 heavy (non-hydrogen) atoms. The number of hydrogen-bond acceptors (Lipinski definition) is 3. The highest BCUT2D eigenvalue weighted by Gasteiger charge is 1.98. The van der Waals surface area contributed by atoms with Gasteiger partial charge in [-0.25, -0.2) is 0 Å². The molecule has 0 spiro atoms. The number of rotatable bonds is 2. The molecule has 0 bridgehead atoms. The van der Waals surface area contributed by atoms with Gasteiger partial charge in [-0.15, -0.1) is 0 Å². The Hall–Kier alpha value is -0.630. The lowest BCUT2D eigenvalue weighted by atomic mass is 10.1. The normalized spacial score (nSPS) is 11.7. The Morgan fingerprint density at radius 2 is 1.62 bits per heavy atom. The van der Waals surface area contributed by atoms with E-state index in [1.807, 2.05) is 19.9 Å². The van der Waals surface area contributed by atoms with Crippen molar-refractivity contribution in [1.29, 1.82) is 0 Å². The van der Waals surface area contributed by atoms with E-state index in [9.17, 15) is 14.4 Å². The van der Waals surface area contributed by atoms with E-state index >= 15 is 0 Å². The standard InChI is InChI=1S/C9H13O3P/c1-7-3-8(2)5-9(4-7)6-13(10,11)12/h3-5H,6H2,1-2H3,(H2,10,11,12)/p-2. The second-order valence-corrected chi connectivity index (χ2v) is 4.80. The van der Waals surface area contributed by atoms with Crippen molar-refractivity contribution >= 4 is 7.60 Å². The van der Waals surface area contributed by atoms with Crippen molar-refractivity contribution in [3.05, 3.63) is 34.9 Å². The van der Waals surface area contributed by atoms with Crippen LogP contribution in [0.3, 0.4) is 0 Å². The molecular weight excluding hydrogens is 187 g/mol. The molecule has 0 aliphatic rings. The van der Waals surface area contributed by atoms with Gasteiger partial charge in [0.15, 0.2) is 0 Å². The van der Waals surface area contributed by atoms with Gasteiger partial charge in [0, 0.05) is 6.16 Å². The third-order valence-electron chi connectivity index (χ3n) is 1.66. The summed E-state index contributed by atoms with van der Waals surface area (Å²) in [6, 6.07) is 5.37. The largest absolute Gasteiger partial charge is 0.810 e. The molecule has 0 aliphatic carbocycles. The van der Waals surface area contributed by atoms with Crippen molar-refractivity contribution in [2.45, 2.75) is 20.0 Å². The molecular formula is C9H11O3P-2. The quantitative estimate of drug-likeness (QED) is 0.657. The molecule has 0 amide bonds. The summed E-state index contributed by atoms with van der Waals surface area (Å²) in [5, 5.41) is 0. The summed E-state index contributed by atoms with van der Waals surface area (Å²) in [5.41, 5.74) is 2.53. The minimum Gasteiger partial charge on any atom is -0.810 e. The zero-order chi connectivity index (χ0) is 10.1.